The topological polar surface area (TPSA) is 41.6 Å². The Morgan fingerprint density at radius 1 is 1.00 bits per heavy atom. The molecule has 3 aromatic heterocycles. The fourth-order valence-corrected chi connectivity index (χ4v) is 3.30. The molecule has 0 aliphatic carbocycles. The molecular formula is C21H17ClFN3. The number of H-pyrrole nitrogens is 1. The van der Waals surface area contributed by atoms with E-state index in [0.717, 1.165) is 40.7 Å². The van der Waals surface area contributed by atoms with Crippen molar-refractivity contribution in [2.45, 2.75) is 19.3 Å². The van der Waals surface area contributed by atoms with E-state index < -0.39 is 0 Å². The summed E-state index contributed by atoms with van der Waals surface area (Å²) in [6, 6.07) is 12.6. The highest BCUT2D eigenvalue weighted by Gasteiger charge is 2.07. The second-order valence-corrected chi connectivity index (χ2v) is 6.69. The molecule has 0 radical (unpaired) electrons. The lowest BCUT2D eigenvalue weighted by molar-refractivity contribution is 0.625. The van der Waals surface area contributed by atoms with E-state index in [1.165, 1.54) is 17.7 Å². The van der Waals surface area contributed by atoms with E-state index in [2.05, 4.69) is 27.1 Å². The lowest BCUT2D eigenvalue weighted by Gasteiger charge is -2.06. The quantitative estimate of drug-likeness (QED) is 0.533. The van der Waals surface area contributed by atoms with Gasteiger partial charge in [-0.1, -0.05) is 17.7 Å². The van der Waals surface area contributed by atoms with Gasteiger partial charge in [0.2, 0.25) is 0 Å². The van der Waals surface area contributed by atoms with Crippen molar-refractivity contribution < 1.29 is 4.39 Å². The Morgan fingerprint density at radius 2 is 1.92 bits per heavy atom. The normalized spacial score (nSPS) is 11.2. The molecule has 3 nitrogen and oxygen atoms in total. The molecule has 4 aromatic rings. The molecule has 1 aromatic carbocycles. The smallest absolute Gasteiger partial charge is 0.137 e. The summed E-state index contributed by atoms with van der Waals surface area (Å²) < 4.78 is 13.3. The zero-order valence-electron chi connectivity index (χ0n) is 14.0. The van der Waals surface area contributed by atoms with Gasteiger partial charge in [0.15, 0.2) is 0 Å². The summed E-state index contributed by atoms with van der Waals surface area (Å²) in [6.07, 6.45) is 7.87. The number of fused-ring (bicyclic) bond motifs is 1. The van der Waals surface area contributed by atoms with Crippen LogP contribution in [0.4, 0.5) is 4.39 Å². The summed E-state index contributed by atoms with van der Waals surface area (Å²) in [7, 11) is 0. The third-order valence-electron chi connectivity index (χ3n) is 4.48. The van der Waals surface area contributed by atoms with Crippen LogP contribution in [0.3, 0.4) is 0 Å². The number of benzene rings is 1. The Morgan fingerprint density at radius 3 is 2.77 bits per heavy atom. The van der Waals surface area contributed by atoms with Crippen molar-refractivity contribution in [1.82, 2.24) is 15.0 Å². The molecular weight excluding hydrogens is 349 g/mol. The van der Waals surface area contributed by atoms with Crippen molar-refractivity contribution in [3.8, 4) is 0 Å². The minimum atomic E-state index is -0.263. The second-order valence-electron chi connectivity index (χ2n) is 6.28. The number of halogens is 2. The number of hydrogen-bond acceptors (Lipinski definition) is 2. The van der Waals surface area contributed by atoms with Gasteiger partial charge in [-0.15, -0.1) is 0 Å². The predicted molar refractivity (Wildman–Crippen MR) is 102 cm³/mol. The van der Waals surface area contributed by atoms with Crippen LogP contribution in [-0.2, 0) is 19.3 Å². The van der Waals surface area contributed by atoms with Gasteiger partial charge in [-0.05, 0) is 65.9 Å². The molecule has 0 unspecified atom stereocenters. The summed E-state index contributed by atoms with van der Waals surface area (Å²) >= 11 is 6.12. The number of pyridine rings is 2. The molecule has 5 heteroatoms. The van der Waals surface area contributed by atoms with E-state index in [1.807, 2.05) is 24.5 Å². The van der Waals surface area contributed by atoms with E-state index in [9.17, 15) is 4.39 Å². The van der Waals surface area contributed by atoms with E-state index in [0.29, 0.717) is 11.4 Å². The second kappa shape index (κ2) is 7.26. The maximum atomic E-state index is 13.3. The van der Waals surface area contributed by atoms with Crippen LogP contribution in [-0.4, -0.2) is 15.0 Å². The number of rotatable bonds is 5. The standard InChI is InChI=1S/C21H17ClFN3/c22-20-8-5-17(23)11-15(20)4-7-18-6-3-14(12-25-18)10-16-13-26-21-19(16)2-1-9-24-21/h1-3,5-6,8-9,11-13H,4,7,10H2,(H,24,26). The molecule has 0 fully saturated rings. The number of aromatic amines is 1. The number of hydrogen-bond donors (Lipinski definition) is 1. The van der Waals surface area contributed by atoms with E-state index in [1.54, 1.807) is 12.3 Å². The van der Waals surface area contributed by atoms with Gasteiger partial charge in [0.25, 0.3) is 0 Å². The van der Waals surface area contributed by atoms with Gasteiger partial charge >= 0.3 is 0 Å². The van der Waals surface area contributed by atoms with Gasteiger partial charge in [0.1, 0.15) is 11.5 Å². The molecule has 0 bridgehead atoms. The monoisotopic (exact) mass is 365 g/mol. The van der Waals surface area contributed by atoms with Crippen LogP contribution in [0.25, 0.3) is 11.0 Å². The van der Waals surface area contributed by atoms with Crippen molar-refractivity contribution in [2.75, 3.05) is 0 Å². The first-order valence-corrected chi connectivity index (χ1v) is 8.85. The summed E-state index contributed by atoms with van der Waals surface area (Å²) in [6.45, 7) is 0. The van der Waals surface area contributed by atoms with Gasteiger partial charge < -0.3 is 4.98 Å². The molecule has 3 heterocycles. The highest BCUT2D eigenvalue weighted by Crippen LogP contribution is 2.20. The van der Waals surface area contributed by atoms with Crippen LogP contribution in [0, 0.1) is 5.82 Å². The molecule has 0 aliphatic rings. The van der Waals surface area contributed by atoms with Crippen molar-refractivity contribution in [2.24, 2.45) is 0 Å². The molecule has 4 rings (SSSR count). The zero-order chi connectivity index (χ0) is 17.9. The number of aromatic nitrogens is 3. The Hall–Kier alpha value is -2.72. The first kappa shape index (κ1) is 16.7. The largest absolute Gasteiger partial charge is 0.346 e. The zero-order valence-corrected chi connectivity index (χ0v) is 14.8. The molecule has 26 heavy (non-hydrogen) atoms. The van der Waals surface area contributed by atoms with Crippen LogP contribution >= 0.6 is 11.6 Å². The van der Waals surface area contributed by atoms with Crippen LogP contribution in [0.1, 0.15) is 22.4 Å². The van der Waals surface area contributed by atoms with Gasteiger partial charge in [-0.3, -0.25) is 4.98 Å². The first-order valence-electron chi connectivity index (χ1n) is 8.48. The summed E-state index contributed by atoms with van der Waals surface area (Å²) in [4.78, 5) is 12.1. The average molecular weight is 366 g/mol. The van der Waals surface area contributed by atoms with Gasteiger partial charge in [-0.2, -0.15) is 0 Å². The molecule has 0 saturated carbocycles. The van der Waals surface area contributed by atoms with Crippen molar-refractivity contribution in [1.29, 1.82) is 0 Å². The van der Waals surface area contributed by atoms with E-state index in [4.69, 9.17) is 11.6 Å². The van der Waals surface area contributed by atoms with Crippen LogP contribution in [0.5, 0.6) is 0 Å². The highest BCUT2D eigenvalue weighted by molar-refractivity contribution is 6.31. The minimum Gasteiger partial charge on any atom is -0.346 e. The molecule has 1 N–H and O–H groups in total. The van der Waals surface area contributed by atoms with Crippen LogP contribution < -0.4 is 0 Å². The first-order chi connectivity index (χ1) is 12.7. The fourth-order valence-electron chi connectivity index (χ4n) is 3.08. The highest BCUT2D eigenvalue weighted by atomic mass is 35.5. The summed E-state index contributed by atoms with van der Waals surface area (Å²) in [5, 5.41) is 1.73. The van der Waals surface area contributed by atoms with Gasteiger partial charge in [0, 0.05) is 41.1 Å². The predicted octanol–water partition coefficient (Wildman–Crippen LogP) is 5.13. The summed E-state index contributed by atoms with van der Waals surface area (Å²) in [5.74, 6) is -0.263. The third-order valence-corrected chi connectivity index (χ3v) is 4.84. The van der Waals surface area contributed by atoms with Gasteiger partial charge in [-0.25, -0.2) is 9.37 Å². The molecule has 130 valence electrons. The van der Waals surface area contributed by atoms with Gasteiger partial charge in [0.05, 0.1) is 0 Å². The Bertz CT molecular complexity index is 1040. The molecule has 0 aliphatic heterocycles. The minimum absolute atomic E-state index is 0.263. The van der Waals surface area contributed by atoms with Crippen molar-refractivity contribution in [3.63, 3.8) is 0 Å². The van der Waals surface area contributed by atoms with E-state index in [-0.39, 0.29) is 5.82 Å². The number of aryl methyl sites for hydroxylation is 2. The Labute approximate surface area is 155 Å². The summed E-state index contributed by atoms with van der Waals surface area (Å²) in [5.41, 5.74) is 5.02. The SMILES string of the molecule is Fc1ccc(Cl)c(CCc2ccc(Cc3c[nH]c4ncccc34)cn2)c1. The lowest BCUT2D eigenvalue weighted by atomic mass is 10.0. The Balaban J connectivity index is 1.44. The van der Waals surface area contributed by atoms with Crippen LogP contribution in [0.15, 0.2) is 61.1 Å². The molecule has 0 amide bonds. The lowest BCUT2D eigenvalue weighted by Crippen LogP contribution is -1.97. The molecule has 0 spiro atoms. The van der Waals surface area contributed by atoms with Crippen molar-refractivity contribution >= 4 is 22.6 Å². The maximum absolute atomic E-state index is 13.3. The number of nitrogens with one attached hydrogen (secondary N) is 1. The average Bonchev–Trinajstić information content (AvgIpc) is 3.07. The fraction of sp³-hybridized carbons (Fsp3) is 0.143. The van der Waals surface area contributed by atoms with E-state index >= 15 is 0 Å². The Kier molecular flexibility index (Phi) is 4.67. The molecule has 0 saturated heterocycles. The number of nitrogens with zero attached hydrogens (tertiary/aromatic N) is 2. The maximum Gasteiger partial charge on any atom is 0.137 e. The van der Waals surface area contributed by atoms with Crippen molar-refractivity contribution in [3.05, 3.63) is 94.3 Å². The third kappa shape index (κ3) is 3.60. The van der Waals surface area contributed by atoms with Crippen LogP contribution in [0.2, 0.25) is 5.02 Å². The molecule has 0 atom stereocenters.